The predicted octanol–water partition coefficient (Wildman–Crippen LogP) is 4.09. The average Bonchev–Trinajstić information content (AvgIpc) is 2.81. The van der Waals surface area contributed by atoms with Crippen LogP contribution in [-0.4, -0.2) is 36.0 Å². The summed E-state index contributed by atoms with van der Waals surface area (Å²) in [6.07, 6.45) is 1.16. The molecule has 0 bridgehead atoms. The second-order valence-corrected chi connectivity index (χ2v) is 6.38. The molecule has 23 heavy (non-hydrogen) atoms. The fraction of sp³-hybridized carbons (Fsp3) is 0.400. The number of hydrogen-bond donors (Lipinski definition) is 0. The Hall–Kier alpha value is -1.71. The third kappa shape index (κ3) is 4.40. The Morgan fingerprint density at radius 2 is 1.78 bits per heavy atom. The van der Waals surface area contributed by atoms with Gasteiger partial charge in [0.1, 0.15) is 5.82 Å². The molecule has 0 aliphatic carbocycles. The maximum absolute atomic E-state index is 13.5. The van der Waals surface area contributed by atoms with Crippen molar-refractivity contribution in [2.75, 3.05) is 26.2 Å². The molecule has 1 aliphatic heterocycles. The van der Waals surface area contributed by atoms with E-state index < -0.39 is 0 Å². The van der Waals surface area contributed by atoms with Crippen LogP contribution < -0.4 is 0 Å². The van der Waals surface area contributed by atoms with Crippen LogP contribution >= 0.6 is 0 Å². The highest BCUT2D eigenvalue weighted by Gasteiger charge is 2.20. The van der Waals surface area contributed by atoms with Crippen molar-refractivity contribution >= 4 is 0 Å². The molecule has 2 aromatic carbocycles. The Kier molecular flexibility index (Phi) is 5.42. The topological polar surface area (TPSA) is 6.48 Å². The first-order valence-electron chi connectivity index (χ1n) is 8.48. The summed E-state index contributed by atoms with van der Waals surface area (Å²) >= 11 is 0. The van der Waals surface area contributed by atoms with E-state index in [2.05, 4.69) is 47.1 Å². The highest BCUT2D eigenvalue weighted by atomic mass is 19.1. The minimum atomic E-state index is -0.144. The van der Waals surface area contributed by atoms with Gasteiger partial charge in [-0.25, -0.2) is 4.39 Å². The minimum Gasteiger partial charge on any atom is -0.298 e. The van der Waals surface area contributed by atoms with Crippen LogP contribution in [0.4, 0.5) is 4.39 Å². The van der Waals surface area contributed by atoms with Gasteiger partial charge in [0.2, 0.25) is 0 Å². The van der Waals surface area contributed by atoms with E-state index in [-0.39, 0.29) is 11.9 Å². The van der Waals surface area contributed by atoms with Crippen molar-refractivity contribution in [1.82, 2.24) is 9.80 Å². The Labute approximate surface area is 138 Å². The molecule has 0 amide bonds. The normalized spacial score (nSPS) is 18.5. The summed E-state index contributed by atoms with van der Waals surface area (Å²) in [5.41, 5.74) is 2.45. The molecule has 3 rings (SSSR count). The number of halogens is 1. The van der Waals surface area contributed by atoms with Gasteiger partial charge in [-0.2, -0.15) is 0 Å². The first-order chi connectivity index (χ1) is 11.2. The van der Waals surface area contributed by atoms with Crippen LogP contribution in [0.2, 0.25) is 0 Å². The van der Waals surface area contributed by atoms with E-state index in [4.69, 9.17) is 0 Å². The molecule has 0 saturated carbocycles. The van der Waals surface area contributed by atoms with Gasteiger partial charge in [0.25, 0.3) is 0 Å². The molecule has 0 radical (unpaired) electrons. The summed E-state index contributed by atoms with van der Waals surface area (Å²) in [4.78, 5) is 4.99. The standard InChI is InChI=1S/C20H25FN2/c1-17(19-9-5-10-20(21)15-19)23-12-6-11-22(13-14-23)16-18-7-3-2-4-8-18/h2-5,7-10,15,17H,6,11-14,16H2,1H3. The number of hydrogen-bond acceptors (Lipinski definition) is 2. The summed E-state index contributed by atoms with van der Waals surface area (Å²) in [7, 11) is 0. The third-order valence-corrected chi connectivity index (χ3v) is 4.75. The lowest BCUT2D eigenvalue weighted by Crippen LogP contribution is -2.32. The second kappa shape index (κ2) is 7.71. The molecule has 0 spiro atoms. The van der Waals surface area contributed by atoms with Crippen LogP contribution in [0, 0.1) is 5.82 Å². The molecule has 1 heterocycles. The Morgan fingerprint density at radius 3 is 2.57 bits per heavy atom. The smallest absolute Gasteiger partial charge is 0.123 e. The van der Waals surface area contributed by atoms with E-state index in [1.807, 2.05) is 6.07 Å². The summed E-state index contributed by atoms with van der Waals surface area (Å²) in [5, 5.41) is 0. The lowest BCUT2D eigenvalue weighted by Gasteiger charge is -2.28. The van der Waals surface area contributed by atoms with Crippen LogP contribution in [-0.2, 0) is 6.54 Å². The summed E-state index contributed by atoms with van der Waals surface area (Å²) < 4.78 is 13.5. The Morgan fingerprint density at radius 1 is 0.957 bits per heavy atom. The van der Waals surface area contributed by atoms with Gasteiger partial charge in [0.05, 0.1) is 0 Å². The molecule has 1 unspecified atom stereocenters. The minimum absolute atomic E-state index is 0.144. The average molecular weight is 312 g/mol. The van der Waals surface area contributed by atoms with Gasteiger partial charge in [-0.1, -0.05) is 42.5 Å². The van der Waals surface area contributed by atoms with E-state index in [0.29, 0.717) is 0 Å². The largest absolute Gasteiger partial charge is 0.298 e. The zero-order chi connectivity index (χ0) is 16.1. The summed E-state index contributed by atoms with van der Waals surface area (Å²) in [5.74, 6) is -0.144. The number of benzene rings is 2. The molecule has 1 saturated heterocycles. The molecule has 2 nitrogen and oxygen atoms in total. The quantitative estimate of drug-likeness (QED) is 0.839. The Bertz CT molecular complexity index is 614. The highest BCUT2D eigenvalue weighted by Crippen LogP contribution is 2.22. The van der Waals surface area contributed by atoms with E-state index in [0.717, 1.165) is 44.7 Å². The van der Waals surface area contributed by atoms with Crippen molar-refractivity contribution in [3.8, 4) is 0 Å². The molecule has 3 heteroatoms. The second-order valence-electron chi connectivity index (χ2n) is 6.38. The lowest BCUT2D eigenvalue weighted by atomic mass is 10.1. The van der Waals surface area contributed by atoms with Crippen LogP contribution in [0.3, 0.4) is 0 Å². The molecule has 2 aromatic rings. The van der Waals surface area contributed by atoms with Crippen LogP contribution in [0.5, 0.6) is 0 Å². The van der Waals surface area contributed by atoms with Gasteiger partial charge in [0, 0.05) is 32.2 Å². The van der Waals surface area contributed by atoms with Gasteiger partial charge in [0.15, 0.2) is 0 Å². The van der Waals surface area contributed by atoms with Crippen molar-refractivity contribution in [2.45, 2.75) is 25.9 Å². The van der Waals surface area contributed by atoms with Crippen molar-refractivity contribution in [3.05, 3.63) is 71.5 Å². The van der Waals surface area contributed by atoms with Gasteiger partial charge in [-0.05, 0) is 43.1 Å². The molecular formula is C20H25FN2. The Balaban J connectivity index is 1.60. The monoisotopic (exact) mass is 312 g/mol. The number of rotatable bonds is 4. The maximum Gasteiger partial charge on any atom is 0.123 e. The molecule has 1 aliphatic rings. The van der Waals surface area contributed by atoms with Crippen LogP contribution in [0.1, 0.15) is 30.5 Å². The van der Waals surface area contributed by atoms with Crippen molar-refractivity contribution in [2.24, 2.45) is 0 Å². The van der Waals surface area contributed by atoms with E-state index in [1.165, 1.54) is 11.6 Å². The molecule has 1 fully saturated rings. The fourth-order valence-corrected chi connectivity index (χ4v) is 3.36. The SMILES string of the molecule is CC(c1cccc(F)c1)N1CCCN(Cc2ccccc2)CC1. The van der Waals surface area contributed by atoms with Gasteiger partial charge in [-0.15, -0.1) is 0 Å². The predicted molar refractivity (Wildman–Crippen MR) is 92.7 cm³/mol. The summed E-state index contributed by atoms with van der Waals surface area (Å²) in [6, 6.07) is 17.9. The molecular weight excluding hydrogens is 287 g/mol. The molecule has 122 valence electrons. The first kappa shape index (κ1) is 16.2. The van der Waals surface area contributed by atoms with Crippen molar-refractivity contribution in [3.63, 3.8) is 0 Å². The zero-order valence-electron chi connectivity index (χ0n) is 13.8. The highest BCUT2D eigenvalue weighted by molar-refractivity contribution is 5.20. The van der Waals surface area contributed by atoms with Crippen molar-refractivity contribution in [1.29, 1.82) is 0 Å². The summed E-state index contributed by atoms with van der Waals surface area (Å²) in [6.45, 7) is 7.49. The van der Waals surface area contributed by atoms with E-state index >= 15 is 0 Å². The van der Waals surface area contributed by atoms with Crippen molar-refractivity contribution < 1.29 is 4.39 Å². The van der Waals surface area contributed by atoms with E-state index in [9.17, 15) is 4.39 Å². The number of nitrogens with zero attached hydrogens (tertiary/aromatic N) is 2. The molecule has 1 atom stereocenters. The van der Waals surface area contributed by atoms with Gasteiger partial charge < -0.3 is 0 Å². The van der Waals surface area contributed by atoms with Gasteiger partial charge in [-0.3, -0.25) is 9.80 Å². The zero-order valence-corrected chi connectivity index (χ0v) is 13.8. The maximum atomic E-state index is 13.5. The third-order valence-electron chi connectivity index (χ3n) is 4.75. The fourth-order valence-electron chi connectivity index (χ4n) is 3.36. The molecule has 0 aromatic heterocycles. The first-order valence-corrected chi connectivity index (χ1v) is 8.48. The van der Waals surface area contributed by atoms with Gasteiger partial charge >= 0.3 is 0 Å². The van der Waals surface area contributed by atoms with E-state index in [1.54, 1.807) is 12.1 Å². The van der Waals surface area contributed by atoms with Crippen LogP contribution in [0.25, 0.3) is 0 Å². The molecule has 0 N–H and O–H groups in total. The lowest BCUT2D eigenvalue weighted by molar-refractivity contribution is 0.208. The van der Waals surface area contributed by atoms with Crippen LogP contribution in [0.15, 0.2) is 54.6 Å².